The van der Waals surface area contributed by atoms with E-state index in [2.05, 4.69) is 20.3 Å². The predicted octanol–water partition coefficient (Wildman–Crippen LogP) is 6.89. The van der Waals surface area contributed by atoms with Crippen LogP contribution in [-0.4, -0.2) is 16.2 Å². The summed E-state index contributed by atoms with van der Waals surface area (Å²) in [5.74, 6) is -0.555. The number of nitrogens with one attached hydrogen (secondary N) is 1. The molecule has 1 aromatic heterocycles. The van der Waals surface area contributed by atoms with Gasteiger partial charge >= 0.3 is 12.4 Å². The van der Waals surface area contributed by atoms with E-state index in [-0.39, 0.29) is 0 Å². The number of hydrogen-bond acceptors (Lipinski definition) is 4. The molecule has 5 nitrogen and oxygen atoms in total. The molecule has 0 aliphatic rings. The molecule has 0 fully saturated rings. The van der Waals surface area contributed by atoms with E-state index in [4.69, 9.17) is 0 Å². The molecule has 4 rings (SSSR count). The standard InChI is InChI=1S/C25H15F6N3O2/c26-24(27,28)17-11-7-15(8-12-17)19(16-9-13-18(14-10-16)25(29,30)31)3-1-6-22(35)32-20-4-2-5-21-23(20)34-36-33-21/h1-14H,(H,32,35)/b6-1+. The van der Waals surface area contributed by atoms with Crippen LogP contribution in [0.3, 0.4) is 0 Å². The molecule has 0 bridgehead atoms. The molecule has 0 saturated heterocycles. The van der Waals surface area contributed by atoms with E-state index in [9.17, 15) is 31.1 Å². The molecule has 3 aromatic carbocycles. The van der Waals surface area contributed by atoms with Crippen LogP contribution in [0, 0.1) is 0 Å². The fraction of sp³-hybridized carbons (Fsp3) is 0.0800. The van der Waals surface area contributed by atoms with Gasteiger partial charge in [-0.25, -0.2) is 4.63 Å². The molecule has 184 valence electrons. The zero-order valence-corrected chi connectivity index (χ0v) is 18.1. The summed E-state index contributed by atoms with van der Waals surface area (Å²) < 4.78 is 82.4. The highest BCUT2D eigenvalue weighted by Gasteiger charge is 2.31. The molecule has 11 heteroatoms. The number of halogens is 6. The maximum Gasteiger partial charge on any atom is 0.416 e. The molecular formula is C25H15F6N3O2. The lowest BCUT2D eigenvalue weighted by Gasteiger charge is -2.12. The maximum absolute atomic E-state index is 13.0. The quantitative estimate of drug-likeness (QED) is 0.183. The minimum atomic E-state index is -4.54. The van der Waals surface area contributed by atoms with Crippen LogP contribution in [0.25, 0.3) is 16.6 Å². The second kappa shape index (κ2) is 9.68. The Labute approximate surface area is 199 Å². The van der Waals surface area contributed by atoms with Crippen LogP contribution < -0.4 is 5.32 Å². The first-order chi connectivity index (χ1) is 17.0. The van der Waals surface area contributed by atoms with Gasteiger partial charge < -0.3 is 5.32 Å². The Balaban J connectivity index is 1.63. The predicted molar refractivity (Wildman–Crippen MR) is 120 cm³/mol. The van der Waals surface area contributed by atoms with Gasteiger partial charge in [-0.3, -0.25) is 4.79 Å². The van der Waals surface area contributed by atoms with Gasteiger partial charge in [-0.15, -0.1) is 0 Å². The molecule has 4 aromatic rings. The Bertz CT molecular complexity index is 1370. The summed E-state index contributed by atoms with van der Waals surface area (Å²) in [6.45, 7) is 0. The maximum atomic E-state index is 13.0. The van der Waals surface area contributed by atoms with E-state index in [1.54, 1.807) is 18.2 Å². The summed E-state index contributed by atoms with van der Waals surface area (Å²) in [5, 5.41) is 9.99. The molecule has 36 heavy (non-hydrogen) atoms. The average Bonchev–Trinajstić information content (AvgIpc) is 3.31. The van der Waals surface area contributed by atoms with Crippen molar-refractivity contribution in [3.8, 4) is 0 Å². The van der Waals surface area contributed by atoms with E-state index in [0.29, 0.717) is 33.4 Å². The number of hydrogen-bond donors (Lipinski definition) is 1. The minimum absolute atomic E-state index is 0.310. The Morgan fingerprint density at radius 3 is 1.86 bits per heavy atom. The van der Waals surface area contributed by atoms with Gasteiger partial charge in [0.05, 0.1) is 16.8 Å². The van der Waals surface area contributed by atoms with Gasteiger partial charge in [0.15, 0.2) is 5.52 Å². The number of fused-ring (bicyclic) bond motifs is 1. The van der Waals surface area contributed by atoms with Gasteiger partial charge in [-0.05, 0) is 63.4 Å². The summed E-state index contributed by atoms with van der Waals surface area (Å²) in [6.07, 6.45) is -5.18. The Morgan fingerprint density at radius 1 is 0.778 bits per heavy atom. The SMILES string of the molecule is O=C(/C=C/C=C(c1ccc(C(F)(F)F)cc1)c1ccc(C(F)(F)F)cc1)Nc1cccc2nonc12. The Hall–Kier alpha value is -4.41. The third-order valence-electron chi connectivity index (χ3n) is 5.10. The highest BCUT2D eigenvalue weighted by molar-refractivity contribution is 6.04. The van der Waals surface area contributed by atoms with Crippen LogP contribution in [-0.2, 0) is 17.1 Å². The molecule has 0 aliphatic heterocycles. The summed E-state index contributed by atoms with van der Waals surface area (Å²) >= 11 is 0. The van der Waals surface area contributed by atoms with Gasteiger partial charge in [0, 0.05) is 6.08 Å². The normalized spacial score (nSPS) is 12.2. The Kier molecular flexibility index (Phi) is 6.65. The number of carbonyl (C=O) groups is 1. The number of aromatic nitrogens is 2. The molecule has 0 atom stereocenters. The smallest absolute Gasteiger partial charge is 0.320 e. The second-order valence-corrected chi connectivity index (χ2v) is 7.52. The van der Waals surface area contributed by atoms with Crippen LogP contribution in [0.1, 0.15) is 22.3 Å². The molecule has 1 N–H and O–H groups in total. The van der Waals surface area contributed by atoms with Crippen molar-refractivity contribution in [2.75, 3.05) is 5.32 Å². The van der Waals surface area contributed by atoms with Crippen molar-refractivity contribution in [2.45, 2.75) is 12.4 Å². The fourth-order valence-corrected chi connectivity index (χ4v) is 3.35. The third-order valence-corrected chi connectivity index (χ3v) is 5.10. The molecular weight excluding hydrogens is 488 g/mol. The Morgan fingerprint density at radius 2 is 1.33 bits per heavy atom. The summed E-state index contributed by atoms with van der Waals surface area (Å²) in [6, 6.07) is 13.2. The lowest BCUT2D eigenvalue weighted by atomic mass is 9.95. The van der Waals surface area contributed by atoms with Crippen LogP contribution in [0.5, 0.6) is 0 Å². The number of benzene rings is 3. The van der Waals surface area contributed by atoms with Crippen molar-refractivity contribution < 1.29 is 35.8 Å². The molecule has 0 spiro atoms. The van der Waals surface area contributed by atoms with Crippen LogP contribution in [0.2, 0.25) is 0 Å². The number of anilines is 1. The first-order valence-corrected chi connectivity index (χ1v) is 10.3. The number of allylic oxidation sites excluding steroid dienone is 2. The monoisotopic (exact) mass is 503 g/mol. The third kappa shape index (κ3) is 5.62. The van der Waals surface area contributed by atoms with E-state index >= 15 is 0 Å². The van der Waals surface area contributed by atoms with Crippen molar-refractivity contribution in [3.63, 3.8) is 0 Å². The van der Waals surface area contributed by atoms with E-state index in [1.165, 1.54) is 36.4 Å². The topological polar surface area (TPSA) is 68.0 Å². The molecule has 0 aliphatic carbocycles. The highest BCUT2D eigenvalue weighted by Crippen LogP contribution is 2.33. The van der Waals surface area contributed by atoms with Crippen LogP contribution >= 0.6 is 0 Å². The minimum Gasteiger partial charge on any atom is -0.320 e. The molecule has 0 unspecified atom stereocenters. The number of amides is 1. The molecule has 0 saturated carbocycles. The fourth-order valence-electron chi connectivity index (χ4n) is 3.35. The largest absolute Gasteiger partial charge is 0.416 e. The zero-order chi connectivity index (χ0) is 25.9. The van der Waals surface area contributed by atoms with Gasteiger partial charge in [-0.2, -0.15) is 26.3 Å². The van der Waals surface area contributed by atoms with E-state index < -0.39 is 29.4 Å². The summed E-state index contributed by atoms with van der Waals surface area (Å²) in [7, 11) is 0. The first-order valence-electron chi connectivity index (χ1n) is 10.3. The highest BCUT2D eigenvalue weighted by atomic mass is 19.4. The molecule has 0 radical (unpaired) electrons. The van der Waals surface area contributed by atoms with Gasteiger partial charge in [0.2, 0.25) is 5.91 Å². The summed E-state index contributed by atoms with van der Waals surface area (Å²) in [5.41, 5.74) is 0.308. The zero-order valence-electron chi connectivity index (χ0n) is 18.1. The van der Waals surface area contributed by atoms with Gasteiger partial charge in [0.1, 0.15) is 5.52 Å². The second-order valence-electron chi connectivity index (χ2n) is 7.52. The average molecular weight is 503 g/mol. The first kappa shape index (κ1) is 24.7. The number of rotatable bonds is 5. The van der Waals surface area contributed by atoms with Gasteiger partial charge in [0.25, 0.3) is 0 Å². The van der Waals surface area contributed by atoms with Crippen LogP contribution in [0.4, 0.5) is 32.0 Å². The number of alkyl halides is 6. The van der Waals surface area contributed by atoms with Crippen molar-refractivity contribution in [3.05, 3.63) is 107 Å². The van der Waals surface area contributed by atoms with Crippen molar-refractivity contribution in [1.82, 2.24) is 10.3 Å². The van der Waals surface area contributed by atoms with Crippen molar-refractivity contribution in [2.24, 2.45) is 0 Å². The lowest BCUT2D eigenvalue weighted by molar-refractivity contribution is -0.138. The molecule has 1 amide bonds. The van der Waals surface area contributed by atoms with Crippen LogP contribution in [0.15, 0.2) is 89.6 Å². The van der Waals surface area contributed by atoms with Crippen molar-refractivity contribution >= 4 is 28.2 Å². The van der Waals surface area contributed by atoms with E-state index in [1.807, 2.05) is 0 Å². The lowest BCUT2D eigenvalue weighted by Crippen LogP contribution is -2.08. The number of nitrogens with zero attached hydrogens (tertiary/aromatic N) is 2. The number of carbonyl (C=O) groups excluding carboxylic acids is 1. The van der Waals surface area contributed by atoms with Gasteiger partial charge in [-0.1, -0.05) is 42.5 Å². The van der Waals surface area contributed by atoms with E-state index in [0.717, 1.165) is 30.3 Å². The molecule has 1 heterocycles. The summed E-state index contributed by atoms with van der Waals surface area (Å²) in [4.78, 5) is 12.4. The van der Waals surface area contributed by atoms with Crippen molar-refractivity contribution in [1.29, 1.82) is 0 Å².